The zero-order valence-electron chi connectivity index (χ0n) is 10.2. The average molecular weight is 302 g/mol. The lowest BCUT2D eigenvalue weighted by atomic mass is 10.0. The van der Waals surface area contributed by atoms with Crippen molar-refractivity contribution < 1.29 is 31.5 Å². The fraction of sp³-hybridized carbons (Fsp3) is 0.0714. The summed E-state index contributed by atoms with van der Waals surface area (Å²) in [5, 5.41) is 0. The average Bonchev–Trinajstić information content (AvgIpc) is 2.39. The molecule has 0 bridgehead atoms. The molecule has 0 spiro atoms. The Morgan fingerprint density at radius 3 is 2.33 bits per heavy atom. The standard InChI is InChI=1S/C14H7F5O2/c15-10-1-2-13(16)12(6-10)9-3-8(7-20)4-11(5-9)21-14(17,18)19/h1-7H. The first-order chi connectivity index (χ1) is 9.78. The van der Waals surface area contributed by atoms with E-state index in [0.29, 0.717) is 0 Å². The van der Waals surface area contributed by atoms with Gasteiger partial charge in [0.25, 0.3) is 0 Å². The summed E-state index contributed by atoms with van der Waals surface area (Å²) in [6, 6.07) is 5.38. The lowest BCUT2D eigenvalue weighted by Gasteiger charge is -2.11. The van der Waals surface area contributed by atoms with Gasteiger partial charge in [0.05, 0.1) is 0 Å². The molecule has 0 amide bonds. The first kappa shape index (κ1) is 15.0. The van der Waals surface area contributed by atoms with Crippen LogP contribution in [0.4, 0.5) is 22.0 Å². The smallest absolute Gasteiger partial charge is 0.406 e. The number of hydrogen-bond acceptors (Lipinski definition) is 2. The monoisotopic (exact) mass is 302 g/mol. The summed E-state index contributed by atoms with van der Waals surface area (Å²) in [4.78, 5) is 10.8. The van der Waals surface area contributed by atoms with Crippen molar-refractivity contribution in [2.24, 2.45) is 0 Å². The molecule has 0 saturated carbocycles. The van der Waals surface area contributed by atoms with Crippen LogP contribution in [0.1, 0.15) is 10.4 Å². The van der Waals surface area contributed by atoms with E-state index in [1.54, 1.807) is 0 Å². The van der Waals surface area contributed by atoms with Crippen molar-refractivity contribution in [2.45, 2.75) is 6.36 Å². The van der Waals surface area contributed by atoms with Crippen molar-refractivity contribution >= 4 is 6.29 Å². The molecule has 0 aromatic heterocycles. The van der Waals surface area contributed by atoms with Crippen molar-refractivity contribution in [1.82, 2.24) is 0 Å². The number of hydrogen-bond donors (Lipinski definition) is 0. The van der Waals surface area contributed by atoms with Gasteiger partial charge in [0, 0.05) is 11.1 Å². The highest BCUT2D eigenvalue weighted by molar-refractivity contribution is 5.80. The third-order valence-electron chi connectivity index (χ3n) is 2.54. The van der Waals surface area contributed by atoms with Crippen molar-refractivity contribution in [3.63, 3.8) is 0 Å². The Bertz CT molecular complexity index is 680. The summed E-state index contributed by atoms with van der Waals surface area (Å²) in [6.45, 7) is 0. The van der Waals surface area contributed by atoms with E-state index >= 15 is 0 Å². The number of ether oxygens (including phenoxy) is 1. The van der Waals surface area contributed by atoms with E-state index in [2.05, 4.69) is 4.74 Å². The molecule has 0 aliphatic heterocycles. The minimum atomic E-state index is -4.96. The van der Waals surface area contributed by atoms with E-state index in [4.69, 9.17) is 0 Å². The first-order valence-corrected chi connectivity index (χ1v) is 5.60. The molecule has 21 heavy (non-hydrogen) atoms. The Balaban J connectivity index is 2.55. The van der Waals surface area contributed by atoms with Gasteiger partial charge in [-0.3, -0.25) is 4.79 Å². The molecule has 2 aromatic carbocycles. The molecule has 7 heteroatoms. The molecule has 0 fully saturated rings. The minimum Gasteiger partial charge on any atom is -0.406 e. The maximum Gasteiger partial charge on any atom is 0.573 e. The first-order valence-electron chi connectivity index (χ1n) is 5.60. The van der Waals surface area contributed by atoms with Crippen LogP contribution in [0, 0.1) is 11.6 Å². The Morgan fingerprint density at radius 1 is 1.00 bits per heavy atom. The topological polar surface area (TPSA) is 26.3 Å². The van der Waals surface area contributed by atoms with Gasteiger partial charge in [-0.15, -0.1) is 13.2 Å². The second-order valence-corrected chi connectivity index (χ2v) is 4.08. The predicted molar refractivity (Wildman–Crippen MR) is 63.9 cm³/mol. The molecule has 0 saturated heterocycles. The molecule has 0 N–H and O–H groups in total. The van der Waals surface area contributed by atoms with Gasteiger partial charge in [0.15, 0.2) is 0 Å². The van der Waals surface area contributed by atoms with E-state index in [1.807, 2.05) is 0 Å². The van der Waals surface area contributed by atoms with Crippen LogP contribution in [0.2, 0.25) is 0 Å². The summed E-state index contributed by atoms with van der Waals surface area (Å²) in [5.74, 6) is -2.29. The molecule has 0 heterocycles. The van der Waals surface area contributed by atoms with E-state index in [9.17, 15) is 26.7 Å². The van der Waals surface area contributed by atoms with Crippen molar-refractivity contribution in [2.75, 3.05) is 0 Å². The number of benzene rings is 2. The van der Waals surface area contributed by atoms with Crippen LogP contribution in [-0.2, 0) is 0 Å². The van der Waals surface area contributed by atoms with Crippen molar-refractivity contribution in [3.05, 3.63) is 53.6 Å². The Kier molecular flexibility index (Phi) is 3.93. The second kappa shape index (κ2) is 5.51. The highest BCUT2D eigenvalue weighted by Gasteiger charge is 2.31. The summed E-state index contributed by atoms with van der Waals surface area (Å²) >= 11 is 0. The predicted octanol–water partition coefficient (Wildman–Crippen LogP) is 4.34. The summed E-state index contributed by atoms with van der Waals surface area (Å²) in [5.41, 5.74) is -0.531. The van der Waals surface area contributed by atoms with Crippen molar-refractivity contribution in [1.29, 1.82) is 0 Å². The molecule has 2 rings (SSSR count). The highest BCUT2D eigenvalue weighted by atomic mass is 19.4. The number of carbonyl (C=O) groups is 1. The zero-order chi connectivity index (χ0) is 15.6. The number of carbonyl (C=O) groups excluding carboxylic acids is 1. The van der Waals surface area contributed by atoms with Crippen molar-refractivity contribution in [3.8, 4) is 16.9 Å². The number of halogens is 5. The molecule has 0 aliphatic carbocycles. The normalized spacial score (nSPS) is 11.3. The second-order valence-electron chi connectivity index (χ2n) is 4.08. The SMILES string of the molecule is O=Cc1cc(OC(F)(F)F)cc(-c2cc(F)ccc2F)c1. The van der Waals surface area contributed by atoms with E-state index in [1.165, 1.54) is 0 Å². The van der Waals surface area contributed by atoms with E-state index < -0.39 is 23.7 Å². The third-order valence-corrected chi connectivity index (χ3v) is 2.54. The van der Waals surface area contributed by atoms with Gasteiger partial charge in [0.1, 0.15) is 23.7 Å². The lowest BCUT2D eigenvalue weighted by molar-refractivity contribution is -0.274. The summed E-state index contributed by atoms with van der Waals surface area (Å²) < 4.78 is 67.1. The molecular formula is C14H7F5O2. The van der Waals surface area contributed by atoms with Gasteiger partial charge < -0.3 is 4.74 Å². The zero-order valence-corrected chi connectivity index (χ0v) is 10.2. The molecule has 2 aromatic rings. The van der Waals surface area contributed by atoms with Crippen LogP contribution < -0.4 is 4.74 Å². The Morgan fingerprint density at radius 2 is 1.71 bits per heavy atom. The van der Waals surface area contributed by atoms with Gasteiger partial charge in [-0.1, -0.05) is 0 Å². The fourth-order valence-electron chi connectivity index (χ4n) is 1.76. The molecule has 2 nitrogen and oxygen atoms in total. The maximum absolute atomic E-state index is 13.6. The molecule has 0 atom stereocenters. The Labute approximate surface area is 115 Å². The van der Waals surface area contributed by atoms with Crippen LogP contribution >= 0.6 is 0 Å². The molecular weight excluding hydrogens is 295 g/mol. The van der Waals surface area contributed by atoms with Gasteiger partial charge >= 0.3 is 6.36 Å². The Hall–Kier alpha value is -2.44. The molecule has 0 aliphatic rings. The molecule has 110 valence electrons. The van der Waals surface area contributed by atoms with Gasteiger partial charge in [-0.25, -0.2) is 8.78 Å². The largest absolute Gasteiger partial charge is 0.573 e. The quantitative estimate of drug-likeness (QED) is 0.622. The summed E-state index contributed by atoms with van der Waals surface area (Å²) in [7, 11) is 0. The third kappa shape index (κ3) is 3.77. The van der Waals surface area contributed by atoms with Crippen LogP contribution in [0.3, 0.4) is 0 Å². The fourth-order valence-corrected chi connectivity index (χ4v) is 1.76. The van der Waals surface area contributed by atoms with Crippen LogP contribution in [0.5, 0.6) is 5.75 Å². The van der Waals surface area contributed by atoms with Crippen LogP contribution in [-0.4, -0.2) is 12.6 Å². The van der Waals surface area contributed by atoms with Crippen LogP contribution in [0.25, 0.3) is 11.1 Å². The molecule has 0 radical (unpaired) electrons. The summed E-state index contributed by atoms with van der Waals surface area (Å²) in [6.07, 6.45) is -4.68. The van der Waals surface area contributed by atoms with Crippen LogP contribution in [0.15, 0.2) is 36.4 Å². The molecule has 0 unspecified atom stereocenters. The number of aldehydes is 1. The lowest BCUT2D eigenvalue weighted by Crippen LogP contribution is -2.17. The van der Waals surface area contributed by atoms with E-state index in [-0.39, 0.29) is 23.0 Å². The maximum atomic E-state index is 13.6. The minimum absolute atomic E-state index is 0.101. The highest BCUT2D eigenvalue weighted by Crippen LogP contribution is 2.31. The van der Waals surface area contributed by atoms with Gasteiger partial charge in [-0.2, -0.15) is 0 Å². The number of rotatable bonds is 3. The van der Waals surface area contributed by atoms with Gasteiger partial charge in [0.2, 0.25) is 0 Å². The number of alkyl halides is 3. The van der Waals surface area contributed by atoms with E-state index in [0.717, 1.165) is 36.4 Å². The van der Waals surface area contributed by atoms with Gasteiger partial charge in [-0.05, 0) is 42.0 Å².